The smallest absolute Gasteiger partial charge is 0.305 e. The molecule has 1 aromatic rings. The van der Waals surface area contributed by atoms with Crippen molar-refractivity contribution in [1.29, 1.82) is 0 Å². The second-order valence-corrected chi connectivity index (χ2v) is 2.73. The number of hydrogen-bond acceptors (Lipinski definition) is 3. The van der Waals surface area contributed by atoms with E-state index >= 15 is 0 Å². The van der Waals surface area contributed by atoms with Gasteiger partial charge in [0.15, 0.2) is 0 Å². The van der Waals surface area contributed by atoms with Crippen LogP contribution in [0.2, 0.25) is 0 Å². The number of rotatable bonds is 3. The Bertz CT molecular complexity index is 357. The predicted octanol–water partition coefficient (Wildman–Crippen LogP) is 0.834. The molecule has 1 atom stereocenters. The highest BCUT2D eigenvalue weighted by Gasteiger charge is 2.15. The van der Waals surface area contributed by atoms with Crippen molar-refractivity contribution in [1.82, 2.24) is 4.98 Å². The largest absolute Gasteiger partial charge is 0.481 e. The molecule has 1 unspecified atom stereocenters. The van der Waals surface area contributed by atoms with E-state index in [0.29, 0.717) is 6.20 Å². The quantitative estimate of drug-likeness (QED) is 0.712. The van der Waals surface area contributed by atoms with Crippen LogP contribution in [-0.2, 0) is 4.79 Å². The van der Waals surface area contributed by atoms with E-state index in [2.05, 4.69) is 4.98 Å². The molecule has 0 radical (unpaired) electrons. The first-order chi connectivity index (χ1) is 6.50. The van der Waals surface area contributed by atoms with E-state index in [-0.39, 0.29) is 5.56 Å². The maximum atomic E-state index is 13.0. The van der Waals surface area contributed by atoms with Crippen LogP contribution in [-0.4, -0.2) is 16.1 Å². The molecule has 0 aliphatic rings. The zero-order valence-electron chi connectivity index (χ0n) is 7.08. The van der Waals surface area contributed by atoms with Gasteiger partial charge in [-0.1, -0.05) is 0 Å². The molecule has 0 amide bonds. The third kappa shape index (κ3) is 2.46. The lowest BCUT2D eigenvalue weighted by atomic mass is 10.1. The van der Waals surface area contributed by atoms with Gasteiger partial charge in [-0.3, -0.25) is 4.79 Å². The maximum Gasteiger partial charge on any atom is 0.305 e. The maximum absolute atomic E-state index is 13.0. The zero-order chi connectivity index (χ0) is 10.7. The van der Waals surface area contributed by atoms with E-state index < -0.39 is 30.2 Å². The van der Waals surface area contributed by atoms with Gasteiger partial charge in [-0.05, 0) is 0 Å². The molecule has 0 fully saturated rings. The molecule has 1 heterocycles. The number of carboxylic acid groups (broad SMARTS) is 1. The number of halogens is 2. The number of hydrogen-bond donors (Lipinski definition) is 2. The fourth-order valence-corrected chi connectivity index (χ4v) is 1.01. The molecular formula is C8H8F2N2O2. The van der Waals surface area contributed by atoms with Crippen molar-refractivity contribution in [3.8, 4) is 0 Å². The Morgan fingerprint density at radius 1 is 1.64 bits per heavy atom. The molecule has 3 N–H and O–H groups in total. The van der Waals surface area contributed by atoms with Gasteiger partial charge in [-0.2, -0.15) is 4.39 Å². The van der Waals surface area contributed by atoms with E-state index in [1.165, 1.54) is 0 Å². The molecule has 0 aliphatic carbocycles. The minimum Gasteiger partial charge on any atom is -0.481 e. The van der Waals surface area contributed by atoms with Crippen molar-refractivity contribution in [2.75, 3.05) is 0 Å². The van der Waals surface area contributed by atoms with Crippen LogP contribution < -0.4 is 5.73 Å². The molecule has 1 aromatic heterocycles. The van der Waals surface area contributed by atoms with Gasteiger partial charge in [-0.25, -0.2) is 9.37 Å². The second-order valence-electron chi connectivity index (χ2n) is 2.73. The number of pyridine rings is 1. The van der Waals surface area contributed by atoms with Gasteiger partial charge in [-0.15, -0.1) is 0 Å². The topological polar surface area (TPSA) is 76.2 Å². The summed E-state index contributed by atoms with van der Waals surface area (Å²) in [5.74, 6) is -2.86. The van der Waals surface area contributed by atoms with Gasteiger partial charge in [0.2, 0.25) is 5.95 Å². The Morgan fingerprint density at radius 3 is 2.86 bits per heavy atom. The standard InChI is InChI=1S/C8H8F2N2O2/c9-5-3-12-7(10)1-4(5)6(11)2-8(13)14/h1,3,6H,2,11H2,(H,13,14). The van der Waals surface area contributed by atoms with Crippen molar-refractivity contribution in [3.05, 3.63) is 29.6 Å². The van der Waals surface area contributed by atoms with E-state index in [4.69, 9.17) is 10.8 Å². The summed E-state index contributed by atoms with van der Waals surface area (Å²) in [5.41, 5.74) is 5.17. The van der Waals surface area contributed by atoms with Crippen LogP contribution in [0.15, 0.2) is 12.3 Å². The summed E-state index contributed by atoms with van der Waals surface area (Å²) in [6.07, 6.45) is 0.215. The summed E-state index contributed by atoms with van der Waals surface area (Å²) in [5, 5.41) is 8.39. The molecule has 76 valence electrons. The molecule has 0 spiro atoms. The van der Waals surface area contributed by atoms with Crippen molar-refractivity contribution >= 4 is 5.97 Å². The molecule has 0 aromatic carbocycles. The first-order valence-corrected chi connectivity index (χ1v) is 3.79. The Kier molecular flexibility index (Phi) is 3.08. The fourth-order valence-electron chi connectivity index (χ4n) is 1.01. The third-order valence-corrected chi connectivity index (χ3v) is 1.65. The van der Waals surface area contributed by atoms with E-state index in [0.717, 1.165) is 6.07 Å². The van der Waals surface area contributed by atoms with Gasteiger partial charge in [0.05, 0.1) is 12.6 Å². The lowest BCUT2D eigenvalue weighted by molar-refractivity contribution is -0.137. The second kappa shape index (κ2) is 4.10. The fraction of sp³-hybridized carbons (Fsp3) is 0.250. The summed E-state index contributed by atoms with van der Waals surface area (Å²) in [6, 6.07) is -0.270. The number of nitrogens with two attached hydrogens (primary N) is 1. The summed E-state index contributed by atoms with van der Waals surface area (Å²) in [7, 11) is 0. The normalized spacial score (nSPS) is 12.5. The van der Waals surface area contributed by atoms with Crippen molar-refractivity contribution in [2.45, 2.75) is 12.5 Å². The van der Waals surface area contributed by atoms with Crippen molar-refractivity contribution < 1.29 is 18.7 Å². The molecule has 1 rings (SSSR count). The molecule has 0 bridgehead atoms. The monoisotopic (exact) mass is 202 g/mol. The molecule has 0 saturated carbocycles. The number of carboxylic acids is 1. The van der Waals surface area contributed by atoms with E-state index in [1.54, 1.807) is 0 Å². The van der Waals surface area contributed by atoms with Gasteiger partial charge in [0.1, 0.15) is 5.82 Å². The molecule has 0 saturated heterocycles. The SMILES string of the molecule is NC(CC(=O)O)c1cc(F)ncc1F. The minimum atomic E-state index is -1.17. The highest BCUT2D eigenvalue weighted by atomic mass is 19.1. The van der Waals surface area contributed by atoms with Crippen LogP contribution in [0, 0.1) is 11.8 Å². The van der Waals surface area contributed by atoms with Gasteiger partial charge < -0.3 is 10.8 Å². The average molecular weight is 202 g/mol. The van der Waals surface area contributed by atoms with Crippen LogP contribution in [0.5, 0.6) is 0 Å². The molecular weight excluding hydrogens is 194 g/mol. The molecule has 6 heteroatoms. The average Bonchev–Trinajstić information content (AvgIpc) is 2.08. The van der Waals surface area contributed by atoms with E-state index in [1.807, 2.05) is 0 Å². The Labute approximate surface area is 78.4 Å². The van der Waals surface area contributed by atoms with Crippen LogP contribution >= 0.6 is 0 Å². The van der Waals surface area contributed by atoms with Gasteiger partial charge in [0.25, 0.3) is 0 Å². The Hall–Kier alpha value is -1.56. The Morgan fingerprint density at radius 2 is 2.29 bits per heavy atom. The third-order valence-electron chi connectivity index (χ3n) is 1.65. The zero-order valence-corrected chi connectivity index (χ0v) is 7.08. The minimum absolute atomic E-state index is 0.181. The van der Waals surface area contributed by atoms with Crippen molar-refractivity contribution in [3.63, 3.8) is 0 Å². The summed E-state index contributed by atoms with van der Waals surface area (Å²) >= 11 is 0. The van der Waals surface area contributed by atoms with Crippen LogP contribution in [0.1, 0.15) is 18.0 Å². The molecule has 4 nitrogen and oxygen atoms in total. The first kappa shape index (κ1) is 10.5. The Balaban J connectivity index is 2.93. The van der Waals surface area contributed by atoms with Crippen LogP contribution in [0.25, 0.3) is 0 Å². The van der Waals surface area contributed by atoms with Gasteiger partial charge >= 0.3 is 5.97 Å². The highest BCUT2D eigenvalue weighted by molar-refractivity contribution is 5.67. The first-order valence-electron chi connectivity index (χ1n) is 3.79. The lowest BCUT2D eigenvalue weighted by Gasteiger charge is -2.09. The highest BCUT2D eigenvalue weighted by Crippen LogP contribution is 2.17. The summed E-state index contributed by atoms with van der Waals surface area (Å²) in [6.45, 7) is 0. The van der Waals surface area contributed by atoms with Gasteiger partial charge in [0, 0.05) is 17.7 Å². The summed E-state index contributed by atoms with van der Waals surface area (Å²) < 4.78 is 25.5. The van der Waals surface area contributed by atoms with Crippen LogP contribution in [0.4, 0.5) is 8.78 Å². The van der Waals surface area contributed by atoms with E-state index in [9.17, 15) is 13.6 Å². The number of carbonyl (C=O) groups is 1. The lowest BCUT2D eigenvalue weighted by Crippen LogP contribution is -2.17. The number of aliphatic carboxylic acids is 1. The van der Waals surface area contributed by atoms with Crippen molar-refractivity contribution in [2.24, 2.45) is 5.73 Å². The molecule has 0 aliphatic heterocycles. The molecule has 14 heavy (non-hydrogen) atoms. The number of nitrogens with zero attached hydrogens (tertiary/aromatic N) is 1. The predicted molar refractivity (Wildman–Crippen MR) is 43.3 cm³/mol. The van der Waals surface area contributed by atoms with Crippen LogP contribution in [0.3, 0.4) is 0 Å². The summed E-state index contributed by atoms with van der Waals surface area (Å²) in [4.78, 5) is 13.3. The number of aromatic nitrogens is 1.